The summed E-state index contributed by atoms with van der Waals surface area (Å²) in [6.07, 6.45) is 1.85. The largest absolute Gasteiger partial charge is 0.358 e. The zero-order valence-corrected chi connectivity index (χ0v) is 6.05. The van der Waals surface area contributed by atoms with E-state index in [1.807, 2.05) is 13.8 Å². The molecule has 9 heavy (non-hydrogen) atoms. The Morgan fingerprint density at radius 3 is 2.56 bits per heavy atom. The van der Waals surface area contributed by atoms with Crippen molar-refractivity contribution in [3.8, 4) is 0 Å². The van der Waals surface area contributed by atoms with Crippen molar-refractivity contribution < 1.29 is 9.53 Å². The molecule has 0 bridgehead atoms. The molecule has 53 valence electrons. The van der Waals surface area contributed by atoms with Crippen molar-refractivity contribution in [2.24, 2.45) is 0 Å². The van der Waals surface area contributed by atoms with E-state index in [4.69, 9.17) is 4.74 Å². The molecule has 0 fully saturated rings. The topological polar surface area (TPSA) is 29.5 Å². The molecule has 0 aromatic heterocycles. The van der Waals surface area contributed by atoms with E-state index in [9.17, 15) is 4.79 Å². The number of nitrogens with zero attached hydrogens (tertiary/aromatic N) is 1. The quantitative estimate of drug-likeness (QED) is 0.406. The third-order valence-corrected chi connectivity index (χ3v) is 0.757. The van der Waals surface area contributed by atoms with Gasteiger partial charge < -0.3 is 9.64 Å². The predicted molar refractivity (Wildman–Crippen MR) is 34.5 cm³/mol. The van der Waals surface area contributed by atoms with Crippen molar-refractivity contribution in [1.82, 2.24) is 4.90 Å². The third kappa shape index (κ3) is 5.30. The fourth-order valence-corrected chi connectivity index (χ4v) is 0.287. The third-order valence-electron chi connectivity index (χ3n) is 0.757. The molecule has 0 aliphatic rings. The first-order chi connectivity index (χ1) is 4.16. The summed E-state index contributed by atoms with van der Waals surface area (Å²) < 4.78 is 5.06. The molecule has 0 N–H and O–H groups in total. The van der Waals surface area contributed by atoms with Crippen LogP contribution in [0, 0.1) is 0 Å². The van der Waals surface area contributed by atoms with E-state index < -0.39 is 0 Å². The van der Waals surface area contributed by atoms with E-state index in [0.29, 0.717) is 6.73 Å². The lowest BCUT2D eigenvalue weighted by atomic mass is 10.5. The van der Waals surface area contributed by atoms with Gasteiger partial charge in [-0.25, -0.2) is 0 Å². The smallest absolute Gasteiger partial charge is 0.313 e. The number of hydrogen-bond acceptors (Lipinski definition) is 2. The molecule has 0 saturated carbocycles. The SMILES string of the molecule is CC(C)OCN(C)[C]=O. The molecule has 0 heterocycles. The van der Waals surface area contributed by atoms with Gasteiger partial charge in [0, 0.05) is 7.05 Å². The molecular weight excluding hydrogens is 118 g/mol. The molecule has 0 aliphatic heterocycles. The summed E-state index contributed by atoms with van der Waals surface area (Å²) >= 11 is 0. The summed E-state index contributed by atoms with van der Waals surface area (Å²) in [6.45, 7) is 4.15. The second kappa shape index (κ2) is 4.32. The molecule has 3 heteroatoms. The zero-order valence-electron chi connectivity index (χ0n) is 6.05. The Bertz CT molecular complexity index is 83.1. The van der Waals surface area contributed by atoms with E-state index in [1.165, 1.54) is 4.90 Å². The van der Waals surface area contributed by atoms with Crippen LogP contribution in [0.15, 0.2) is 0 Å². The average Bonchev–Trinajstić information content (AvgIpc) is 1.83. The van der Waals surface area contributed by atoms with Crippen LogP contribution in [0.4, 0.5) is 0 Å². The molecule has 1 radical (unpaired) electrons. The molecule has 0 atom stereocenters. The fraction of sp³-hybridized carbons (Fsp3) is 0.833. The van der Waals surface area contributed by atoms with Gasteiger partial charge in [0.2, 0.25) is 0 Å². The lowest BCUT2D eigenvalue weighted by Gasteiger charge is -2.11. The molecule has 0 aromatic rings. The van der Waals surface area contributed by atoms with Crippen LogP contribution in [-0.4, -0.2) is 31.2 Å². The second-order valence-corrected chi connectivity index (χ2v) is 2.13. The van der Waals surface area contributed by atoms with E-state index >= 15 is 0 Å². The van der Waals surface area contributed by atoms with Gasteiger partial charge in [-0.15, -0.1) is 0 Å². The zero-order chi connectivity index (χ0) is 7.28. The Balaban J connectivity index is 3.16. The number of carbonyl (C=O) groups excluding carboxylic acids is 1. The van der Waals surface area contributed by atoms with Crippen molar-refractivity contribution in [2.75, 3.05) is 13.8 Å². The highest BCUT2D eigenvalue weighted by molar-refractivity contribution is 5.46. The molecule has 0 saturated heterocycles. The monoisotopic (exact) mass is 130 g/mol. The van der Waals surface area contributed by atoms with E-state index in [0.717, 1.165) is 0 Å². The van der Waals surface area contributed by atoms with Gasteiger partial charge in [-0.05, 0) is 13.8 Å². The Morgan fingerprint density at radius 1 is 1.67 bits per heavy atom. The highest BCUT2D eigenvalue weighted by Gasteiger charge is 1.95. The molecule has 0 aromatic carbocycles. The summed E-state index contributed by atoms with van der Waals surface area (Å²) in [5.74, 6) is 0. The second-order valence-electron chi connectivity index (χ2n) is 2.13. The fourth-order valence-electron chi connectivity index (χ4n) is 0.287. The van der Waals surface area contributed by atoms with Crippen LogP contribution >= 0.6 is 0 Å². The van der Waals surface area contributed by atoms with Gasteiger partial charge in [0.15, 0.2) is 0 Å². The van der Waals surface area contributed by atoms with E-state index in [-0.39, 0.29) is 6.10 Å². The number of ether oxygens (including phenoxy) is 1. The standard InChI is InChI=1S/C6H12NO2/c1-6(2)9-5-7(3)4-8/h6H,5H2,1-3H3. The Kier molecular flexibility index (Phi) is 4.05. The first-order valence-electron chi connectivity index (χ1n) is 2.87. The van der Waals surface area contributed by atoms with Crippen molar-refractivity contribution in [1.29, 1.82) is 0 Å². The van der Waals surface area contributed by atoms with Gasteiger partial charge in [-0.3, -0.25) is 4.79 Å². The minimum absolute atomic E-state index is 0.167. The van der Waals surface area contributed by atoms with Crippen LogP contribution in [0.3, 0.4) is 0 Å². The molecule has 1 amide bonds. The highest BCUT2D eigenvalue weighted by atomic mass is 16.5. The van der Waals surface area contributed by atoms with Gasteiger partial charge in [-0.1, -0.05) is 0 Å². The Hall–Kier alpha value is -0.570. The molecule has 3 nitrogen and oxygen atoms in total. The van der Waals surface area contributed by atoms with Gasteiger partial charge in [-0.2, -0.15) is 0 Å². The Morgan fingerprint density at radius 2 is 2.22 bits per heavy atom. The van der Waals surface area contributed by atoms with E-state index in [2.05, 4.69) is 0 Å². The molecular formula is C6H12NO2. The summed E-state index contributed by atoms with van der Waals surface area (Å²) in [5, 5.41) is 0. The minimum Gasteiger partial charge on any atom is -0.358 e. The maximum Gasteiger partial charge on any atom is 0.313 e. The maximum absolute atomic E-state index is 9.84. The summed E-state index contributed by atoms with van der Waals surface area (Å²) in [7, 11) is 1.62. The lowest BCUT2D eigenvalue weighted by Crippen LogP contribution is -2.21. The lowest BCUT2D eigenvalue weighted by molar-refractivity contribution is 0.0300. The van der Waals surface area contributed by atoms with Gasteiger partial charge in [0.05, 0.1) is 6.10 Å². The van der Waals surface area contributed by atoms with Crippen molar-refractivity contribution in [2.45, 2.75) is 20.0 Å². The van der Waals surface area contributed by atoms with Crippen LogP contribution in [0.1, 0.15) is 13.8 Å². The van der Waals surface area contributed by atoms with Crippen LogP contribution in [-0.2, 0) is 9.53 Å². The first-order valence-corrected chi connectivity index (χ1v) is 2.87. The average molecular weight is 130 g/mol. The van der Waals surface area contributed by atoms with Gasteiger partial charge >= 0.3 is 6.41 Å². The number of hydrogen-bond donors (Lipinski definition) is 0. The molecule has 0 unspecified atom stereocenters. The van der Waals surface area contributed by atoms with Crippen LogP contribution in [0.25, 0.3) is 0 Å². The number of rotatable bonds is 4. The van der Waals surface area contributed by atoms with Gasteiger partial charge in [0.25, 0.3) is 0 Å². The van der Waals surface area contributed by atoms with E-state index in [1.54, 1.807) is 13.5 Å². The van der Waals surface area contributed by atoms with Crippen molar-refractivity contribution >= 4 is 6.41 Å². The van der Waals surface area contributed by atoms with Crippen LogP contribution in [0.2, 0.25) is 0 Å². The summed E-state index contributed by atoms with van der Waals surface area (Å²) in [4.78, 5) is 11.2. The predicted octanol–water partition coefficient (Wildman–Crippen LogP) is 0.368. The Labute approximate surface area is 55.6 Å². The van der Waals surface area contributed by atoms with Crippen LogP contribution in [0.5, 0.6) is 0 Å². The minimum atomic E-state index is 0.167. The van der Waals surface area contributed by atoms with Crippen molar-refractivity contribution in [3.63, 3.8) is 0 Å². The summed E-state index contributed by atoms with van der Waals surface area (Å²) in [6, 6.07) is 0. The first kappa shape index (κ1) is 8.43. The van der Waals surface area contributed by atoms with Crippen LogP contribution < -0.4 is 0 Å². The normalized spacial score (nSPS) is 9.78. The van der Waals surface area contributed by atoms with Crippen molar-refractivity contribution in [3.05, 3.63) is 0 Å². The molecule has 0 rings (SSSR count). The van der Waals surface area contributed by atoms with Gasteiger partial charge in [0.1, 0.15) is 6.73 Å². The molecule has 0 spiro atoms. The summed E-state index contributed by atoms with van der Waals surface area (Å²) in [5.41, 5.74) is 0. The molecule has 0 aliphatic carbocycles. The highest BCUT2D eigenvalue weighted by Crippen LogP contribution is 1.87. The maximum atomic E-state index is 9.84. The number of amides is 1.